The van der Waals surface area contributed by atoms with Crippen molar-refractivity contribution >= 4 is 17.8 Å². The predicted octanol–water partition coefficient (Wildman–Crippen LogP) is 4.42. The van der Waals surface area contributed by atoms with Crippen LogP contribution in [0.4, 0.5) is 10.3 Å². The molecule has 10 heteroatoms. The lowest BCUT2D eigenvalue weighted by atomic mass is 10.1. The first kappa shape index (κ1) is 27.3. The number of anilines is 1. The van der Waals surface area contributed by atoms with Crippen LogP contribution in [0.15, 0.2) is 79.0 Å². The van der Waals surface area contributed by atoms with Gasteiger partial charge in [0.05, 0.1) is 26.5 Å². The van der Waals surface area contributed by atoms with Crippen molar-refractivity contribution in [3.8, 4) is 28.4 Å². The van der Waals surface area contributed by atoms with E-state index in [0.29, 0.717) is 17.2 Å². The number of carbonyl (C=O) groups is 2. The van der Waals surface area contributed by atoms with Crippen LogP contribution in [0.25, 0.3) is 16.9 Å². The van der Waals surface area contributed by atoms with Gasteiger partial charge in [-0.15, -0.1) is 0 Å². The Morgan fingerprint density at radius 2 is 1.51 bits per heavy atom. The number of imidazole rings is 1. The fourth-order valence-corrected chi connectivity index (χ4v) is 3.88. The van der Waals surface area contributed by atoms with E-state index in [9.17, 15) is 14.0 Å². The highest BCUT2D eigenvalue weighted by Crippen LogP contribution is 2.27. The molecule has 0 aliphatic heterocycles. The van der Waals surface area contributed by atoms with Gasteiger partial charge < -0.3 is 19.1 Å². The molecule has 39 heavy (non-hydrogen) atoms. The molecular formula is C29H29FN4O5. The zero-order chi connectivity index (χ0) is 27.8. The number of nitrogens with one attached hydrogen (secondary N) is 1. The Morgan fingerprint density at radius 1 is 0.897 bits per heavy atom. The summed E-state index contributed by atoms with van der Waals surface area (Å²) in [6.07, 6.45) is 1.81. The third-order valence-electron chi connectivity index (χ3n) is 5.97. The van der Waals surface area contributed by atoms with Crippen LogP contribution in [0, 0.1) is 5.82 Å². The topological polar surface area (TPSA) is 94.9 Å². The molecule has 0 aliphatic carbocycles. The molecule has 0 spiro atoms. The molecule has 4 rings (SSSR count). The number of hydrogen-bond acceptors (Lipinski definition) is 6. The van der Waals surface area contributed by atoms with Gasteiger partial charge in [-0.3, -0.25) is 19.5 Å². The number of nitrogens with zero attached hydrogens (tertiary/aromatic N) is 3. The van der Waals surface area contributed by atoms with Gasteiger partial charge in [0.15, 0.2) is 0 Å². The summed E-state index contributed by atoms with van der Waals surface area (Å²) >= 11 is 0. The first-order valence-corrected chi connectivity index (χ1v) is 12.1. The van der Waals surface area contributed by atoms with Gasteiger partial charge in [-0.25, -0.2) is 9.37 Å². The second kappa shape index (κ2) is 12.7. The van der Waals surface area contributed by atoms with Crippen LogP contribution < -0.4 is 14.8 Å². The summed E-state index contributed by atoms with van der Waals surface area (Å²) in [6, 6.07) is 19.9. The van der Waals surface area contributed by atoms with Crippen molar-refractivity contribution in [3.05, 3.63) is 90.4 Å². The van der Waals surface area contributed by atoms with E-state index < -0.39 is 17.6 Å². The summed E-state index contributed by atoms with van der Waals surface area (Å²) in [4.78, 5) is 32.3. The third-order valence-corrected chi connectivity index (χ3v) is 5.97. The average Bonchev–Trinajstić information content (AvgIpc) is 3.38. The Morgan fingerprint density at radius 3 is 2.10 bits per heavy atom. The number of carbonyl (C=O) groups excluding carboxylic acids is 2. The van der Waals surface area contributed by atoms with Gasteiger partial charge in [-0.05, 0) is 72.8 Å². The van der Waals surface area contributed by atoms with Gasteiger partial charge >= 0.3 is 0 Å². The lowest BCUT2D eigenvalue weighted by molar-refractivity contribution is -0.117. The quantitative estimate of drug-likeness (QED) is 0.307. The minimum atomic E-state index is -0.455. The maximum absolute atomic E-state index is 13.4. The summed E-state index contributed by atoms with van der Waals surface area (Å²) in [7, 11) is 4.69. The van der Waals surface area contributed by atoms with Crippen molar-refractivity contribution in [2.45, 2.75) is 0 Å². The van der Waals surface area contributed by atoms with Crippen LogP contribution in [-0.4, -0.2) is 67.3 Å². The summed E-state index contributed by atoms with van der Waals surface area (Å²) in [5, 5.41) is 2.83. The average molecular weight is 533 g/mol. The molecular weight excluding hydrogens is 503 g/mol. The highest BCUT2D eigenvalue weighted by molar-refractivity contribution is 5.99. The van der Waals surface area contributed by atoms with E-state index in [4.69, 9.17) is 14.2 Å². The van der Waals surface area contributed by atoms with Crippen LogP contribution in [-0.2, 0) is 9.53 Å². The zero-order valence-electron chi connectivity index (χ0n) is 21.9. The molecule has 0 aliphatic rings. The second-order valence-electron chi connectivity index (χ2n) is 8.52. The normalized spacial score (nSPS) is 10.7. The maximum atomic E-state index is 13.4. The monoisotopic (exact) mass is 532 g/mol. The Bertz CT molecular complexity index is 1400. The molecule has 0 unspecified atom stereocenters. The van der Waals surface area contributed by atoms with E-state index in [-0.39, 0.29) is 31.2 Å². The number of halogens is 1. The summed E-state index contributed by atoms with van der Waals surface area (Å²) in [5.41, 5.74) is 2.47. The Labute approximate surface area is 225 Å². The summed E-state index contributed by atoms with van der Waals surface area (Å²) in [5.74, 6) is 0.349. The van der Waals surface area contributed by atoms with Crippen molar-refractivity contribution in [1.29, 1.82) is 0 Å². The maximum Gasteiger partial charge on any atom is 0.254 e. The highest BCUT2D eigenvalue weighted by atomic mass is 19.1. The van der Waals surface area contributed by atoms with Crippen molar-refractivity contribution < 1.29 is 28.2 Å². The van der Waals surface area contributed by atoms with Crippen LogP contribution in [0.1, 0.15) is 10.4 Å². The van der Waals surface area contributed by atoms with Gasteiger partial charge in [0.1, 0.15) is 23.9 Å². The Kier molecular flexibility index (Phi) is 8.90. The van der Waals surface area contributed by atoms with Crippen molar-refractivity contribution in [2.75, 3.05) is 46.3 Å². The number of ether oxygens (including phenoxy) is 3. The molecule has 1 N–H and O–H groups in total. The van der Waals surface area contributed by atoms with Crippen molar-refractivity contribution in [3.63, 3.8) is 0 Å². The smallest absolute Gasteiger partial charge is 0.254 e. The van der Waals surface area contributed by atoms with Gasteiger partial charge in [0.25, 0.3) is 5.91 Å². The molecule has 1 aromatic heterocycles. The molecule has 202 valence electrons. The molecule has 0 saturated carbocycles. The lowest BCUT2D eigenvalue weighted by Gasteiger charge is -2.22. The lowest BCUT2D eigenvalue weighted by Crippen LogP contribution is -2.40. The van der Waals surface area contributed by atoms with Crippen LogP contribution >= 0.6 is 0 Å². The van der Waals surface area contributed by atoms with E-state index in [1.54, 1.807) is 18.8 Å². The molecule has 1 heterocycles. The molecule has 0 saturated heterocycles. The number of amides is 2. The summed E-state index contributed by atoms with van der Waals surface area (Å²) < 4.78 is 30.7. The molecule has 0 fully saturated rings. The number of rotatable bonds is 11. The number of benzene rings is 3. The third kappa shape index (κ3) is 6.79. The molecule has 9 nitrogen and oxygen atoms in total. The number of hydrogen-bond donors (Lipinski definition) is 1. The second-order valence-corrected chi connectivity index (χ2v) is 8.52. The molecule has 3 aromatic carbocycles. The molecule has 0 radical (unpaired) electrons. The van der Waals surface area contributed by atoms with Crippen molar-refractivity contribution in [1.82, 2.24) is 14.5 Å². The molecule has 0 bridgehead atoms. The fraction of sp³-hybridized carbons (Fsp3) is 0.207. The highest BCUT2D eigenvalue weighted by Gasteiger charge is 2.21. The van der Waals surface area contributed by atoms with Gasteiger partial charge in [-0.2, -0.15) is 0 Å². The van der Waals surface area contributed by atoms with Gasteiger partial charge in [-0.1, -0.05) is 0 Å². The number of aromatic nitrogens is 2. The predicted molar refractivity (Wildman–Crippen MR) is 145 cm³/mol. The molecule has 2 amide bonds. The first-order valence-electron chi connectivity index (χ1n) is 12.1. The van der Waals surface area contributed by atoms with E-state index >= 15 is 0 Å². The standard InChI is InChI=1S/C29H29FN4O5/c1-37-17-16-33(28(36)21-4-8-22(30)9-5-21)19-27(35)32-29-31-26(20-6-12-24(38-2)13-7-20)18-34(29)23-10-14-25(39-3)15-11-23/h4-15,18H,16-17,19H2,1-3H3,(H,31,32,35). The van der Waals surface area contributed by atoms with E-state index in [2.05, 4.69) is 10.3 Å². The van der Waals surface area contributed by atoms with Crippen LogP contribution in [0.5, 0.6) is 11.5 Å². The van der Waals surface area contributed by atoms with Crippen LogP contribution in [0.2, 0.25) is 0 Å². The minimum Gasteiger partial charge on any atom is -0.497 e. The van der Waals surface area contributed by atoms with E-state index in [1.165, 1.54) is 36.3 Å². The first-order chi connectivity index (χ1) is 18.9. The summed E-state index contributed by atoms with van der Waals surface area (Å²) in [6.45, 7) is 0.138. The Hall–Kier alpha value is -4.70. The van der Waals surface area contributed by atoms with Gasteiger partial charge in [0.2, 0.25) is 11.9 Å². The van der Waals surface area contributed by atoms with Crippen LogP contribution in [0.3, 0.4) is 0 Å². The number of methoxy groups -OCH3 is 3. The largest absolute Gasteiger partial charge is 0.497 e. The van der Waals surface area contributed by atoms with E-state index in [1.807, 2.05) is 54.7 Å². The van der Waals surface area contributed by atoms with Crippen molar-refractivity contribution in [2.24, 2.45) is 0 Å². The SMILES string of the molecule is COCCN(CC(=O)Nc1nc(-c2ccc(OC)cc2)cn1-c1ccc(OC)cc1)C(=O)c1ccc(F)cc1. The molecule has 0 atom stereocenters. The Balaban J connectivity index is 1.61. The molecule has 4 aromatic rings. The van der Waals surface area contributed by atoms with Gasteiger partial charge in [0, 0.05) is 36.7 Å². The fourth-order valence-electron chi connectivity index (χ4n) is 3.88. The minimum absolute atomic E-state index is 0.171. The van der Waals surface area contributed by atoms with E-state index in [0.717, 1.165) is 11.3 Å². The zero-order valence-corrected chi connectivity index (χ0v) is 21.9.